The second-order valence-corrected chi connectivity index (χ2v) is 7.23. The van der Waals surface area contributed by atoms with Crippen LogP contribution in [0.3, 0.4) is 0 Å². The average molecular weight is 410 g/mol. The molecule has 0 spiro atoms. The van der Waals surface area contributed by atoms with Gasteiger partial charge in [0.05, 0.1) is 12.7 Å². The van der Waals surface area contributed by atoms with Gasteiger partial charge in [-0.25, -0.2) is 4.79 Å². The van der Waals surface area contributed by atoms with Crippen molar-refractivity contribution < 1.29 is 23.9 Å². The molecule has 1 atom stereocenters. The van der Waals surface area contributed by atoms with E-state index in [0.717, 1.165) is 29.8 Å². The molecule has 1 saturated heterocycles. The molecule has 0 radical (unpaired) electrons. The quantitative estimate of drug-likeness (QED) is 0.677. The highest BCUT2D eigenvalue weighted by atomic mass is 16.5. The van der Waals surface area contributed by atoms with Crippen molar-refractivity contribution in [2.24, 2.45) is 0 Å². The number of rotatable bonds is 8. The Morgan fingerprint density at radius 2 is 1.73 bits per heavy atom. The molecule has 0 aromatic heterocycles. The van der Waals surface area contributed by atoms with Crippen LogP contribution >= 0.6 is 0 Å². The Kier molecular flexibility index (Phi) is 7.06. The van der Waals surface area contributed by atoms with Gasteiger partial charge in [-0.15, -0.1) is 0 Å². The largest absolute Gasteiger partial charge is 0.497 e. The Morgan fingerprint density at radius 3 is 2.33 bits per heavy atom. The second kappa shape index (κ2) is 9.91. The maximum Gasteiger partial charge on any atom is 0.338 e. The maximum atomic E-state index is 12.3. The zero-order chi connectivity index (χ0) is 21.5. The van der Waals surface area contributed by atoms with E-state index in [2.05, 4.69) is 5.32 Å². The molecule has 7 heteroatoms. The number of methoxy groups -OCH3 is 1. The van der Waals surface area contributed by atoms with Crippen molar-refractivity contribution in [2.45, 2.75) is 39.0 Å². The van der Waals surface area contributed by atoms with Gasteiger partial charge in [0, 0.05) is 26.1 Å². The lowest BCUT2D eigenvalue weighted by Gasteiger charge is -2.16. The molecule has 1 heterocycles. The van der Waals surface area contributed by atoms with E-state index in [0.29, 0.717) is 25.1 Å². The number of nitrogens with one attached hydrogen (secondary N) is 1. The van der Waals surface area contributed by atoms with E-state index in [1.807, 2.05) is 29.2 Å². The van der Waals surface area contributed by atoms with Crippen molar-refractivity contribution in [1.82, 2.24) is 10.2 Å². The van der Waals surface area contributed by atoms with Crippen molar-refractivity contribution in [3.8, 4) is 5.75 Å². The summed E-state index contributed by atoms with van der Waals surface area (Å²) in [7, 11) is 1.59. The fourth-order valence-corrected chi connectivity index (χ4v) is 3.20. The number of hydrogen-bond donors (Lipinski definition) is 1. The zero-order valence-electron chi connectivity index (χ0n) is 17.2. The van der Waals surface area contributed by atoms with Gasteiger partial charge in [0.15, 0.2) is 6.10 Å². The Labute approximate surface area is 176 Å². The van der Waals surface area contributed by atoms with Gasteiger partial charge in [-0.05, 0) is 48.7 Å². The third-order valence-electron chi connectivity index (χ3n) is 5.01. The van der Waals surface area contributed by atoms with Crippen molar-refractivity contribution in [3.63, 3.8) is 0 Å². The highest BCUT2D eigenvalue weighted by molar-refractivity contribution is 5.92. The number of likely N-dealkylation sites (tertiary alicyclic amines) is 1. The molecule has 1 aliphatic rings. The van der Waals surface area contributed by atoms with Gasteiger partial charge in [-0.1, -0.05) is 24.3 Å². The van der Waals surface area contributed by atoms with Crippen LogP contribution in [0.5, 0.6) is 5.75 Å². The Morgan fingerprint density at radius 1 is 1.07 bits per heavy atom. The van der Waals surface area contributed by atoms with Crippen LogP contribution in [-0.2, 0) is 27.4 Å². The predicted octanol–water partition coefficient (Wildman–Crippen LogP) is 2.68. The second-order valence-electron chi connectivity index (χ2n) is 7.23. The SMILES string of the molecule is COc1ccc(CNC(=O)[C@H](C)OC(=O)c2ccc(CN3CCCC3=O)cc2)cc1. The molecule has 7 nitrogen and oxygen atoms in total. The van der Waals surface area contributed by atoms with Gasteiger partial charge in [-0.2, -0.15) is 0 Å². The molecule has 158 valence electrons. The number of carbonyl (C=O) groups is 3. The Hall–Kier alpha value is -3.35. The van der Waals surface area contributed by atoms with Gasteiger partial charge in [0.2, 0.25) is 5.91 Å². The van der Waals surface area contributed by atoms with E-state index in [1.165, 1.54) is 6.92 Å². The van der Waals surface area contributed by atoms with Crippen LogP contribution in [0.15, 0.2) is 48.5 Å². The molecule has 0 saturated carbocycles. The summed E-state index contributed by atoms with van der Waals surface area (Å²) in [5, 5.41) is 2.75. The van der Waals surface area contributed by atoms with Gasteiger partial charge in [0.25, 0.3) is 5.91 Å². The third-order valence-corrected chi connectivity index (χ3v) is 5.01. The topological polar surface area (TPSA) is 84.9 Å². The fraction of sp³-hybridized carbons (Fsp3) is 0.348. The minimum atomic E-state index is -0.919. The van der Waals surface area contributed by atoms with Crippen molar-refractivity contribution in [2.75, 3.05) is 13.7 Å². The van der Waals surface area contributed by atoms with E-state index < -0.39 is 12.1 Å². The molecule has 2 aromatic rings. The summed E-state index contributed by atoms with van der Waals surface area (Å²) in [6.45, 7) is 3.17. The molecule has 30 heavy (non-hydrogen) atoms. The first-order valence-corrected chi connectivity index (χ1v) is 9.94. The molecule has 0 unspecified atom stereocenters. The van der Waals surface area contributed by atoms with Gasteiger partial charge >= 0.3 is 5.97 Å². The van der Waals surface area contributed by atoms with E-state index in [1.54, 1.807) is 31.4 Å². The summed E-state index contributed by atoms with van der Waals surface area (Å²) in [5.74, 6) is -0.0346. The number of hydrogen-bond acceptors (Lipinski definition) is 5. The monoisotopic (exact) mass is 410 g/mol. The van der Waals surface area contributed by atoms with Gasteiger partial charge < -0.3 is 19.7 Å². The fourth-order valence-electron chi connectivity index (χ4n) is 3.20. The number of nitrogens with zero attached hydrogens (tertiary/aromatic N) is 1. The minimum Gasteiger partial charge on any atom is -0.497 e. The lowest BCUT2D eigenvalue weighted by Crippen LogP contribution is -2.35. The van der Waals surface area contributed by atoms with Crippen LogP contribution in [0.4, 0.5) is 0 Å². The highest BCUT2D eigenvalue weighted by Gasteiger charge is 2.21. The number of ether oxygens (including phenoxy) is 2. The van der Waals surface area contributed by atoms with Gasteiger partial charge in [0.1, 0.15) is 5.75 Å². The van der Waals surface area contributed by atoms with E-state index in [-0.39, 0.29) is 11.8 Å². The van der Waals surface area contributed by atoms with E-state index in [9.17, 15) is 14.4 Å². The summed E-state index contributed by atoms with van der Waals surface area (Å²) in [4.78, 5) is 38.1. The molecule has 1 N–H and O–H groups in total. The molecule has 2 aromatic carbocycles. The van der Waals surface area contributed by atoms with Crippen LogP contribution in [-0.4, -0.2) is 42.4 Å². The first-order valence-electron chi connectivity index (χ1n) is 9.94. The number of carbonyl (C=O) groups excluding carboxylic acids is 3. The summed E-state index contributed by atoms with van der Waals surface area (Å²) in [6.07, 6.45) is 0.572. The number of amides is 2. The van der Waals surface area contributed by atoms with Gasteiger partial charge in [-0.3, -0.25) is 9.59 Å². The zero-order valence-corrected chi connectivity index (χ0v) is 17.2. The predicted molar refractivity (Wildman–Crippen MR) is 111 cm³/mol. The molecule has 2 amide bonds. The number of benzene rings is 2. The van der Waals surface area contributed by atoms with Crippen molar-refractivity contribution >= 4 is 17.8 Å². The summed E-state index contributed by atoms with van der Waals surface area (Å²) < 4.78 is 10.4. The molecule has 1 aliphatic heterocycles. The maximum absolute atomic E-state index is 12.3. The molecule has 1 fully saturated rings. The summed E-state index contributed by atoms with van der Waals surface area (Å²) in [5.41, 5.74) is 2.23. The van der Waals surface area contributed by atoms with E-state index >= 15 is 0 Å². The molecular weight excluding hydrogens is 384 g/mol. The third kappa shape index (κ3) is 5.59. The van der Waals surface area contributed by atoms with Crippen LogP contribution in [0.1, 0.15) is 41.3 Å². The normalized spacial score (nSPS) is 14.3. The molecule has 3 rings (SSSR count). The standard InChI is InChI=1S/C23H26N2O5/c1-16(22(27)24-14-17-7-11-20(29-2)12-8-17)30-23(28)19-9-5-18(6-10-19)15-25-13-3-4-21(25)26/h5-12,16H,3-4,13-15H2,1-2H3,(H,24,27)/t16-/m0/s1. The van der Waals surface area contributed by atoms with Crippen LogP contribution in [0, 0.1) is 0 Å². The molecular formula is C23H26N2O5. The first kappa shape index (κ1) is 21.4. The average Bonchev–Trinajstić information content (AvgIpc) is 3.17. The van der Waals surface area contributed by atoms with Crippen LogP contribution in [0.25, 0.3) is 0 Å². The summed E-state index contributed by atoms with van der Waals surface area (Å²) in [6, 6.07) is 14.2. The first-order chi connectivity index (χ1) is 14.5. The summed E-state index contributed by atoms with van der Waals surface area (Å²) >= 11 is 0. The lowest BCUT2D eigenvalue weighted by molar-refractivity contribution is -0.129. The lowest BCUT2D eigenvalue weighted by atomic mass is 10.1. The molecule has 0 aliphatic carbocycles. The van der Waals surface area contributed by atoms with E-state index in [4.69, 9.17) is 9.47 Å². The Bertz CT molecular complexity index is 893. The Balaban J connectivity index is 1.47. The number of esters is 1. The minimum absolute atomic E-state index is 0.160. The highest BCUT2D eigenvalue weighted by Crippen LogP contribution is 2.15. The van der Waals surface area contributed by atoms with Crippen molar-refractivity contribution in [1.29, 1.82) is 0 Å². The van der Waals surface area contributed by atoms with Crippen LogP contribution in [0.2, 0.25) is 0 Å². The van der Waals surface area contributed by atoms with Crippen molar-refractivity contribution in [3.05, 3.63) is 65.2 Å². The smallest absolute Gasteiger partial charge is 0.338 e. The molecule has 0 bridgehead atoms. The van der Waals surface area contributed by atoms with Crippen LogP contribution < -0.4 is 10.1 Å².